The Labute approximate surface area is 83.0 Å². The van der Waals surface area contributed by atoms with Gasteiger partial charge in [-0.15, -0.1) is 0 Å². The van der Waals surface area contributed by atoms with E-state index in [-0.39, 0.29) is 6.42 Å². The largest absolute Gasteiger partial charge is 0.481 e. The summed E-state index contributed by atoms with van der Waals surface area (Å²) in [5.74, 6) is -0.742. The molecular formula is C10H14N2O2. The Morgan fingerprint density at radius 3 is 3.07 bits per heavy atom. The zero-order valence-electron chi connectivity index (χ0n) is 7.94. The van der Waals surface area contributed by atoms with Crippen molar-refractivity contribution in [3.05, 3.63) is 30.1 Å². The van der Waals surface area contributed by atoms with Gasteiger partial charge in [0, 0.05) is 25.4 Å². The second kappa shape index (κ2) is 6.10. The fourth-order valence-corrected chi connectivity index (χ4v) is 1.10. The average molecular weight is 194 g/mol. The fraction of sp³-hybridized carbons (Fsp3) is 0.400. The minimum absolute atomic E-state index is 0.222. The van der Waals surface area contributed by atoms with Crippen LogP contribution in [0.15, 0.2) is 24.5 Å². The maximum absolute atomic E-state index is 10.2. The van der Waals surface area contributed by atoms with Crippen molar-refractivity contribution in [3.63, 3.8) is 0 Å². The first kappa shape index (κ1) is 10.7. The molecule has 0 saturated carbocycles. The first-order valence-corrected chi connectivity index (χ1v) is 4.60. The number of pyridine rings is 1. The third-order valence-corrected chi connectivity index (χ3v) is 1.80. The van der Waals surface area contributed by atoms with Gasteiger partial charge in [-0.2, -0.15) is 0 Å². The van der Waals surface area contributed by atoms with Crippen LogP contribution in [-0.4, -0.2) is 22.6 Å². The van der Waals surface area contributed by atoms with Crippen LogP contribution in [0.25, 0.3) is 0 Å². The Bertz CT molecular complexity index is 275. The molecule has 0 aliphatic rings. The molecule has 14 heavy (non-hydrogen) atoms. The van der Waals surface area contributed by atoms with Gasteiger partial charge in [0.05, 0.1) is 0 Å². The van der Waals surface area contributed by atoms with Gasteiger partial charge >= 0.3 is 5.97 Å². The molecule has 0 aromatic carbocycles. The van der Waals surface area contributed by atoms with Gasteiger partial charge in [0.15, 0.2) is 0 Å². The van der Waals surface area contributed by atoms with E-state index in [0.29, 0.717) is 6.42 Å². The van der Waals surface area contributed by atoms with Crippen molar-refractivity contribution in [1.82, 2.24) is 10.3 Å². The summed E-state index contributed by atoms with van der Waals surface area (Å²) >= 11 is 0. The molecule has 76 valence electrons. The first-order valence-electron chi connectivity index (χ1n) is 4.60. The van der Waals surface area contributed by atoms with Crippen molar-refractivity contribution in [1.29, 1.82) is 0 Å². The van der Waals surface area contributed by atoms with Crippen LogP contribution in [0, 0.1) is 0 Å². The summed E-state index contributed by atoms with van der Waals surface area (Å²) in [6.07, 6.45) is 4.41. The predicted molar refractivity (Wildman–Crippen MR) is 52.8 cm³/mol. The number of aromatic nitrogens is 1. The SMILES string of the molecule is O=C(O)CCCNCc1cccnc1. The Balaban J connectivity index is 2.08. The molecule has 0 fully saturated rings. The maximum Gasteiger partial charge on any atom is 0.303 e. The highest BCUT2D eigenvalue weighted by atomic mass is 16.4. The smallest absolute Gasteiger partial charge is 0.303 e. The van der Waals surface area contributed by atoms with E-state index in [4.69, 9.17) is 5.11 Å². The highest BCUT2D eigenvalue weighted by Gasteiger charge is 1.95. The summed E-state index contributed by atoms with van der Waals surface area (Å²) in [5.41, 5.74) is 1.11. The molecule has 0 aliphatic heterocycles. The average Bonchev–Trinajstić information content (AvgIpc) is 2.18. The maximum atomic E-state index is 10.2. The molecule has 1 heterocycles. The summed E-state index contributed by atoms with van der Waals surface area (Å²) in [5, 5.41) is 11.5. The number of aliphatic carboxylic acids is 1. The third kappa shape index (κ3) is 4.57. The quantitative estimate of drug-likeness (QED) is 0.664. The van der Waals surface area contributed by atoms with Crippen LogP contribution in [0.2, 0.25) is 0 Å². The molecule has 4 heteroatoms. The van der Waals surface area contributed by atoms with E-state index >= 15 is 0 Å². The van der Waals surface area contributed by atoms with Crippen LogP contribution >= 0.6 is 0 Å². The highest BCUT2D eigenvalue weighted by molar-refractivity contribution is 5.66. The fourth-order valence-electron chi connectivity index (χ4n) is 1.10. The molecule has 0 spiro atoms. The van der Waals surface area contributed by atoms with Crippen molar-refractivity contribution in [2.45, 2.75) is 19.4 Å². The Morgan fingerprint density at radius 2 is 2.43 bits per heavy atom. The van der Waals surface area contributed by atoms with E-state index in [9.17, 15) is 4.79 Å². The van der Waals surface area contributed by atoms with E-state index < -0.39 is 5.97 Å². The van der Waals surface area contributed by atoms with Gasteiger partial charge in [-0.25, -0.2) is 0 Å². The molecule has 0 atom stereocenters. The molecule has 0 amide bonds. The monoisotopic (exact) mass is 194 g/mol. The van der Waals surface area contributed by atoms with Crippen molar-refractivity contribution < 1.29 is 9.90 Å². The number of nitrogens with one attached hydrogen (secondary N) is 1. The zero-order valence-corrected chi connectivity index (χ0v) is 7.94. The number of rotatable bonds is 6. The van der Waals surface area contributed by atoms with Gasteiger partial charge in [-0.05, 0) is 24.6 Å². The van der Waals surface area contributed by atoms with Gasteiger partial charge in [0.2, 0.25) is 0 Å². The van der Waals surface area contributed by atoms with Crippen LogP contribution in [0.1, 0.15) is 18.4 Å². The molecule has 1 rings (SSSR count). The third-order valence-electron chi connectivity index (χ3n) is 1.80. The Hall–Kier alpha value is -1.42. The van der Waals surface area contributed by atoms with Crippen molar-refractivity contribution in [2.75, 3.05) is 6.54 Å². The van der Waals surface area contributed by atoms with E-state index in [1.54, 1.807) is 12.4 Å². The molecule has 0 unspecified atom stereocenters. The zero-order chi connectivity index (χ0) is 10.2. The molecule has 1 aromatic heterocycles. The lowest BCUT2D eigenvalue weighted by molar-refractivity contribution is -0.137. The molecule has 4 nitrogen and oxygen atoms in total. The van der Waals surface area contributed by atoms with Crippen LogP contribution < -0.4 is 5.32 Å². The second-order valence-corrected chi connectivity index (χ2v) is 3.04. The first-order chi connectivity index (χ1) is 6.79. The lowest BCUT2D eigenvalue weighted by Crippen LogP contribution is -2.15. The number of carboxylic acids is 1. The Kier molecular flexibility index (Phi) is 4.64. The molecule has 0 bridgehead atoms. The summed E-state index contributed by atoms with van der Waals surface area (Å²) in [6, 6.07) is 3.87. The van der Waals surface area contributed by atoms with Crippen molar-refractivity contribution in [3.8, 4) is 0 Å². The lowest BCUT2D eigenvalue weighted by atomic mass is 10.2. The van der Waals surface area contributed by atoms with Gasteiger partial charge in [-0.1, -0.05) is 6.07 Å². The van der Waals surface area contributed by atoms with Crippen LogP contribution in [0.4, 0.5) is 0 Å². The Morgan fingerprint density at radius 1 is 1.57 bits per heavy atom. The summed E-state index contributed by atoms with van der Waals surface area (Å²) in [7, 11) is 0. The van der Waals surface area contributed by atoms with Crippen molar-refractivity contribution in [2.24, 2.45) is 0 Å². The molecular weight excluding hydrogens is 180 g/mol. The van der Waals surface area contributed by atoms with Crippen molar-refractivity contribution >= 4 is 5.97 Å². The molecule has 0 radical (unpaired) electrons. The van der Waals surface area contributed by atoms with E-state index in [1.165, 1.54) is 0 Å². The number of hydrogen-bond donors (Lipinski definition) is 2. The van der Waals surface area contributed by atoms with E-state index in [2.05, 4.69) is 10.3 Å². The van der Waals surface area contributed by atoms with Gasteiger partial charge in [0.1, 0.15) is 0 Å². The van der Waals surface area contributed by atoms with E-state index in [0.717, 1.165) is 18.7 Å². The van der Waals surface area contributed by atoms with Gasteiger partial charge < -0.3 is 10.4 Å². The van der Waals surface area contributed by atoms with Gasteiger partial charge in [-0.3, -0.25) is 9.78 Å². The van der Waals surface area contributed by atoms with Crippen LogP contribution in [-0.2, 0) is 11.3 Å². The summed E-state index contributed by atoms with van der Waals surface area (Å²) in [6.45, 7) is 1.47. The molecule has 2 N–H and O–H groups in total. The van der Waals surface area contributed by atoms with Gasteiger partial charge in [0.25, 0.3) is 0 Å². The normalized spacial score (nSPS) is 10.0. The number of nitrogens with zero attached hydrogens (tertiary/aromatic N) is 1. The topological polar surface area (TPSA) is 62.2 Å². The number of hydrogen-bond acceptors (Lipinski definition) is 3. The minimum Gasteiger partial charge on any atom is -0.481 e. The number of carboxylic acid groups (broad SMARTS) is 1. The number of carbonyl (C=O) groups is 1. The molecule has 0 aliphatic carbocycles. The minimum atomic E-state index is -0.742. The molecule has 1 aromatic rings. The predicted octanol–water partition coefficient (Wildman–Crippen LogP) is 1.04. The summed E-state index contributed by atoms with van der Waals surface area (Å²) in [4.78, 5) is 14.2. The lowest BCUT2D eigenvalue weighted by Gasteiger charge is -2.02. The highest BCUT2D eigenvalue weighted by Crippen LogP contribution is 1.94. The van der Waals surface area contributed by atoms with Crippen LogP contribution in [0.5, 0.6) is 0 Å². The van der Waals surface area contributed by atoms with Crippen LogP contribution in [0.3, 0.4) is 0 Å². The van der Waals surface area contributed by atoms with E-state index in [1.807, 2.05) is 12.1 Å². The summed E-state index contributed by atoms with van der Waals surface area (Å²) < 4.78 is 0. The standard InChI is InChI=1S/C10H14N2O2/c13-10(14)4-2-6-12-8-9-3-1-5-11-7-9/h1,3,5,7,12H,2,4,6,8H2,(H,13,14). The second-order valence-electron chi connectivity index (χ2n) is 3.04. The molecule has 0 saturated heterocycles.